The molecule has 3 nitrogen and oxygen atoms in total. The van der Waals surface area contributed by atoms with Crippen molar-refractivity contribution in [1.29, 1.82) is 0 Å². The van der Waals surface area contributed by atoms with Crippen LogP contribution < -0.4 is 4.74 Å². The van der Waals surface area contributed by atoms with Crippen molar-refractivity contribution in [3.05, 3.63) is 59.5 Å². The smallest absolute Gasteiger partial charge is 0.173 e. The van der Waals surface area contributed by atoms with Crippen LogP contribution in [-0.4, -0.2) is 11.3 Å². The highest BCUT2D eigenvalue weighted by Crippen LogP contribution is 2.65. The molecule has 0 aromatic heterocycles. The molecule has 2 spiro atoms. The van der Waals surface area contributed by atoms with Crippen LogP contribution >= 0.6 is 12.4 Å². The van der Waals surface area contributed by atoms with Gasteiger partial charge in [-0.25, -0.2) is 0 Å². The zero-order chi connectivity index (χ0) is 13.4. The number of halogens is 1. The van der Waals surface area contributed by atoms with Gasteiger partial charge in [0.2, 0.25) is 0 Å². The van der Waals surface area contributed by atoms with Crippen LogP contribution in [0.2, 0.25) is 0 Å². The summed E-state index contributed by atoms with van der Waals surface area (Å²) in [6.07, 6.45) is 12.5. The average Bonchev–Trinajstić information content (AvgIpc) is 2.85. The Morgan fingerprint density at radius 1 is 1.24 bits per heavy atom. The second-order valence-corrected chi connectivity index (χ2v) is 5.89. The number of para-hydroxylation sites is 1. The maximum Gasteiger partial charge on any atom is 0.173 e. The van der Waals surface area contributed by atoms with Crippen molar-refractivity contribution >= 4 is 18.6 Å². The molecule has 2 aliphatic heterocycles. The second kappa shape index (κ2) is 3.80. The minimum absolute atomic E-state index is 0. The number of nitrogens with zero attached hydrogens (tertiary/aromatic N) is 1. The minimum Gasteiger partial charge on any atom is -0.504 e. The van der Waals surface area contributed by atoms with E-state index in [-0.39, 0.29) is 29.0 Å². The third kappa shape index (κ3) is 1.20. The molecule has 3 aliphatic carbocycles. The van der Waals surface area contributed by atoms with Gasteiger partial charge in [-0.05, 0) is 30.6 Å². The van der Waals surface area contributed by atoms with Gasteiger partial charge in [-0.1, -0.05) is 24.3 Å². The molecule has 0 radical (unpaired) electrons. The summed E-state index contributed by atoms with van der Waals surface area (Å²) in [5, 5.41) is 10.1. The first kappa shape index (κ1) is 12.7. The third-order valence-corrected chi connectivity index (χ3v) is 5.11. The number of aromatic hydroxyl groups is 1. The summed E-state index contributed by atoms with van der Waals surface area (Å²) >= 11 is 0. The van der Waals surface area contributed by atoms with E-state index in [1.54, 1.807) is 6.07 Å². The fourth-order valence-electron chi connectivity index (χ4n) is 4.16. The lowest BCUT2D eigenvalue weighted by Gasteiger charge is -2.50. The van der Waals surface area contributed by atoms with Crippen LogP contribution in [-0.2, 0) is 5.41 Å². The number of rotatable bonds is 0. The van der Waals surface area contributed by atoms with E-state index in [2.05, 4.69) is 29.3 Å². The predicted octanol–water partition coefficient (Wildman–Crippen LogP) is 3.65. The molecule has 106 valence electrons. The number of phenols is 1. The van der Waals surface area contributed by atoms with Crippen molar-refractivity contribution in [2.24, 2.45) is 10.4 Å². The average molecular weight is 300 g/mol. The molecule has 0 saturated carbocycles. The predicted molar refractivity (Wildman–Crippen MR) is 83.1 cm³/mol. The Hall–Kier alpha value is -2.00. The molecular weight excluding hydrogens is 286 g/mol. The van der Waals surface area contributed by atoms with Crippen LogP contribution in [0.3, 0.4) is 0 Å². The molecule has 1 aromatic rings. The summed E-state index contributed by atoms with van der Waals surface area (Å²) < 4.78 is 6.10. The summed E-state index contributed by atoms with van der Waals surface area (Å²) in [5.41, 5.74) is 1.82. The lowest BCUT2D eigenvalue weighted by molar-refractivity contribution is 0.256. The number of hydrogen-bond donors (Lipinski definition) is 1. The topological polar surface area (TPSA) is 41.8 Å². The maximum atomic E-state index is 10.1. The lowest BCUT2D eigenvalue weighted by atomic mass is 9.51. The Balaban J connectivity index is 0.00000115. The summed E-state index contributed by atoms with van der Waals surface area (Å²) in [7, 11) is 0. The van der Waals surface area contributed by atoms with Gasteiger partial charge in [0.15, 0.2) is 11.5 Å². The van der Waals surface area contributed by atoms with Gasteiger partial charge < -0.3 is 9.84 Å². The molecule has 2 bridgehead atoms. The van der Waals surface area contributed by atoms with Crippen LogP contribution in [0.15, 0.2) is 59.0 Å². The number of fused-ring (bicyclic) bond motifs is 2. The summed E-state index contributed by atoms with van der Waals surface area (Å²) in [4.78, 5) is 4.38. The van der Waals surface area contributed by atoms with Crippen molar-refractivity contribution in [3.8, 4) is 11.5 Å². The Kier molecular flexibility index (Phi) is 2.30. The van der Waals surface area contributed by atoms with E-state index in [9.17, 15) is 5.11 Å². The Morgan fingerprint density at radius 2 is 2.14 bits per heavy atom. The molecule has 4 heteroatoms. The molecule has 1 N–H and O–H groups in total. The Bertz CT molecular complexity index is 777. The van der Waals surface area contributed by atoms with E-state index in [1.165, 1.54) is 5.57 Å². The van der Waals surface area contributed by atoms with Crippen molar-refractivity contribution in [3.63, 3.8) is 0 Å². The van der Waals surface area contributed by atoms with Crippen LogP contribution in [0.5, 0.6) is 11.5 Å². The standard InChI is InChI=1S/C17H13NO2.ClH/c19-13-3-1-2-12-14(13)20-15-11-4-6-16(7-5-11)10-18-9-8-17(12,15)16;/h1-4,6,8-10,19H,5,7H2;1H. The molecule has 1 aromatic carbocycles. The van der Waals surface area contributed by atoms with Gasteiger partial charge in [-0.3, -0.25) is 4.99 Å². The third-order valence-electron chi connectivity index (χ3n) is 5.11. The van der Waals surface area contributed by atoms with E-state index in [1.807, 2.05) is 18.5 Å². The molecule has 21 heavy (non-hydrogen) atoms. The van der Waals surface area contributed by atoms with Crippen molar-refractivity contribution in [1.82, 2.24) is 0 Å². The largest absolute Gasteiger partial charge is 0.504 e. The molecule has 2 unspecified atom stereocenters. The highest BCUT2D eigenvalue weighted by molar-refractivity contribution is 5.85. The van der Waals surface area contributed by atoms with Gasteiger partial charge >= 0.3 is 0 Å². The fourth-order valence-corrected chi connectivity index (χ4v) is 4.16. The molecule has 2 atom stereocenters. The first-order valence-electron chi connectivity index (χ1n) is 6.92. The number of allylic oxidation sites excluding steroid dienone is 4. The van der Waals surface area contributed by atoms with Gasteiger partial charge in [-0.15, -0.1) is 12.4 Å². The first-order valence-corrected chi connectivity index (χ1v) is 6.92. The summed E-state index contributed by atoms with van der Waals surface area (Å²) in [6, 6.07) is 5.63. The van der Waals surface area contributed by atoms with Crippen molar-refractivity contribution < 1.29 is 9.84 Å². The lowest BCUT2D eigenvalue weighted by Crippen LogP contribution is -2.50. The molecule has 6 rings (SSSR count). The number of aliphatic imine (C=N–C) groups is 1. The first-order chi connectivity index (χ1) is 9.77. The Labute approximate surface area is 128 Å². The van der Waals surface area contributed by atoms with E-state index in [0.29, 0.717) is 5.75 Å². The molecular formula is C17H14ClNO2. The number of ether oxygens (including phenoxy) is 1. The minimum atomic E-state index is -0.314. The van der Waals surface area contributed by atoms with E-state index >= 15 is 0 Å². The molecule has 0 fully saturated rings. The second-order valence-electron chi connectivity index (χ2n) is 5.89. The number of benzene rings is 1. The van der Waals surface area contributed by atoms with Crippen LogP contribution in [0, 0.1) is 5.41 Å². The zero-order valence-electron chi connectivity index (χ0n) is 11.2. The van der Waals surface area contributed by atoms with E-state index in [0.717, 1.165) is 24.2 Å². The van der Waals surface area contributed by atoms with E-state index in [4.69, 9.17) is 4.74 Å². The quantitative estimate of drug-likeness (QED) is 0.794. The molecule has 5 aliphatic rings. The fraction of sp³-hybridized carbons (Fsp3) is 0.235. The summed E-state index contributed by atoms with van der Waals surface area (Å²) in [5.74, 6) is 1.80. The van der Waals surface area contributed by atoms with Gasteiger partial charge in [0, 0.05) is 23.4 Å². The molecule has 0 amide bonds. The van der Waals surface area contributed by atoms with Gasteiger partial charge in [0.25, 0.3) is 0 Å². The molecule has 0 saturated heterocycles. The van der Waals surface area contributed by atoms with Crippen LogP contribution in [0.1, 0.15) is 18.4 Å². The number of hydrogen-bond acceptors (Lipinski definition) is 3. The maximum absolute atomic E-state index is 10.1. The van der Waals surface area contributed by atoms with Crippen LogP contribution in [0.4, 0.5) is 0 Å². The van der Waals surface area contributed by atoms with Crippen molar-refractivity contribution in [2.75, 3.05) is 0 Å². The highest BCUT2D eigenvalue weighted by Gasteiger charge is 2.62. The SMILES string of the molecule is Cl.Oc1cccc2c1OC1=C3C=CC4(C=NC=CC124)CC3. The monoisotopic (exact) mass is 299 g/mol. The number of phenolic OH excluding ortho intramolecular Hbond substituents is 1. The van der Waals surface area contributed by atoms with Crippen molar-refractivity contribution in [2.45, 2.75) is 18.3 Å². The van der Waals surface area contributed by atoms with Crippen LogP contribution in [0.25, 0.3) is 0 Å². The van der Waals surface area contributed by atoms with E-state index < -0.39 is 0 Å². The highest BCUT2D eigenvalue weighted by atomic mass is 35.5. The zero-order valence-corrected chi connectivity index (χ0v) is 12.1. The van der Waals surface area contributed by atoms with Gasteiger partial charge in [0.05, 0.1) is 5.41 Å². The normalized spacial score (nSPS) is 33.1. The van der Waals surface area contributed by atoms with Gasteiger partial charge in [0.1, 0.15) is 5.76 Å². The summed E-state index contributed by atoms with van der Waals surface area (Å²) in [6.45, 7) is 0. The Morgan fingerprint density at radius 3 is 2.95 bits per heavy atom. The van der Waals surface area contributed by atoms with Gasteiger partial charge in [-0.2, -0.15) is 0 Å². The molecule has 2 heterocycles.